The number of para-hydroxylation sites is 2. The Morgan fingerprint density at radius 2 is 1.83 bits per heavy atom. The van der Waals surface area contributed by atoms with Crippen molar-refractivity contribution in [2.75, 3.05) is 25.1 Å². The SMILES string of the molecule is O=C(NC(=S)Nc1ccccc1OCC1CCCO1)c1ccc(OCCc2ccccc2)c(Br)c1. The topological polar surface area (TPSA) is 68.8 Å². The van der Waals surface area contributed by atoms with Crippen molar-refractivity contribution < 1.29 is 19.0 Å². The van der Waals surface area contributed by atoms with Crippen molar-refractivity contribution in [1.29, 1.82) is 0 Å². The number of hydrogen-bond donors (Lipinski definition) is 2. The standard InChI is InChI=1S/C27H27BrN2O4S/c28-22-17-20(12-13-24(22)33-16-14-19-7-2-1-3-8-19)26(31)30-27(35)29-23-10-4-5-11-25(23)34-18-21-9-6-15-32-21/h1-5,7-8,10-13,17,21H,6,9,14-16,18H2,(H2,29,30,31,35). The van der Waals surface area contributed by atoms with Crippen LogP contribution in [0.4, 0.5) is 5.69 Å². The highest BCUT2D eigenvalue weighted by atomic mass is 79.9. The van der Waals surface area contributed by atoms with Crippen LogP contribution < -0.4 is 20.1 Å². The second-order valence-electron chi connectivity index (χ2n) is 8.08. The number of halogens is 1. The van der Waals surface area contributed by atoms with Gasteiger partial charge in [0.15, 0.2) is 5.11 Å². The first-order chi connectivity index (χ1) is 17.1. The molecule has 182 valence electrons. The predicted octanol–water partition coefficient (Wildman–Crippen LogP) is 5.76. The molecule has 1 amide bonds. The highest BCUT2D eigenvalue weighted by Gasteiger charge is 2.17. The number of nitrogens with one attached hydrogen (secondary N) is 2. The van der Waals surface area contributed by atoms with E-state index in [4.69, 9.17) is 26.4 Å². The van der Waals surface area contributed by atoms with E-state index < -0.39 is 0 Å². The Bertz CT molecular complexity index is 1150. The molecule has 0 aliphatic carbocycles. The summed E-state index contributed by atoms with van der Waals surface area (Å²) in [5, 5.41) is 5.96. The van der Waals surface area contributed by atoms with Gasteiger partial charge in [0.1, 0.15) is 18.1 Å². The fourth-order valence-corrected chi connectivity index (χ4v) is 4.36. The molecule has 3 aromatic carbocycles. The summed E-state index contributed by atoms with van der Waals surface area (Å²) in [5.41, 5.74) is 2.35. The Balaban J connectivity index is 1.29. The van der Waals surface area contributed by atoms with Crippen molar-refractivity contribution in [1.82, 2.24) is 5.32 Å². The monoisotopic (exact) mass is 554 g/mol. The molecule has 3 aromatic rings. The molecule has 0 radical (unpaired) electrons. The number of carbonyl (C=O) groups is 1. The summed E-state index contributed by atoms with van der Waals surface area (Å²) in [6.07, 6.45) is 2.96. The summed E-state index contributed by atoms with van der Waals surface area (Å²) in [6, 6.07) is 22.8. The lowest BCUT2D eigenvalue weighted by Gasteiger charge is -2.16. The molecule has 1 heterocycles. The third-order valence-corrected chi connectivity index (χ3v) is 6.32. The van der Waals surface area contributed by atoms with E-state index in [2.05, 4.69) is 38.7 Å². The number of hydrogen-bond acceptors (Lipinski definition) is 5. The summed E-state index contributed by atoms with van der Waals surface area (Å²) in [5.74, 6) is 1.01. The van der Waals surface area contributed by atoms with Crippen LogP contribution in [0.1, 0.15) is 28.8 Å². The molecule has 1 atom stereocenters. The minimum Gasteiger partial charge on any atom is -0.492 e. The van der Waals surface area contributed by atoms with Crippen molar-refractivity contribution in [2.24, 2.45) is 0 Å². The quantitative estimate of drug-likeness (QED) is 0.328. The molecular formula is C27H27BrN2O4S. The molecule has 4 rings (SSSR count). The second-order valence-corrected chi connectivity index (χ2v) is 9.34. The first-order valence-corrected chi connectivity index (χ1v) is 12.7. The zero-order valence-corrected chi connectivity index (χ0v) is 21.6. The van der Waals surface area contributed by atoms with Gasteiger partial charge in [-0.15, -0.1) is 0 Å². The number of carbonyl (C=O) groups excluding carboxylic acids is 1. The van der Waals surface area contributed by atoms with Crippen molar-refractivity contribution in [3.05, 3.63) is 88.4 Å². The van der Waals surface area contributed by atoms with E-state index in [-0.39, 0.29) is 17.1 Å². The Morgan fingerprint density at radius 1 is 1.03 bits per heavy atom. The average Bonchev–Trinajstić information content (AvgIpc) is 3.39. The highest BCUT2D eigenvalue weighted by molar-refractivity contribution is 9.10. The van der Waals surface area contributed by atoms with E-state index in [1.807, 2.05) is 42.5 Å². The van der Waals surface area contributed by atoms with E-state index in [0.717, 1.165) is 25.9 Å². The Hall–Kier alpha value is -2.94. The molecule has 8 heteroatoms. The molecule has 1 aliphatic rings. The van der Waals surface area contributed by atoms with E-state index in [1.54, 1.807) is 18.2 Å². The van der Waals surface area contributed by atoms with Crippen molar-refractivity contribution >= 4 is 44.9 Å². The fourth-order valence-electron chi connectivity index (χ4n) is 3.67. The summed E-state index contributed by atoms with van der Waals surface area (Å²) in [7, 11) is 0. The third kappa shape index (κ3) is 7.52. The molecule has 1 aliphatic heterocycles. The van der Waals surface area contributed by atoms with Crippen molar-refractivity contribution in [3.8, 4) is 11.5 Å². The zero-order valence-electron chi connectivity index (χ0n) is 19.2. The number of ether oxygens (including phenoxy) is 3. The number of benzene rings is 3. The highest BCUT2D eigenvalue weighted by Crippen LogP contribution is 2.27. The average molecular weight is 555 g/mol. The molecule has 2 N–H and O–H groups in total. The van der Waals surface area contributed by atoms with Gasteiger partial charge in [0.2, 0.25) is 0 Å². The molecule has 0 aromatic heterocycles. The number of amides is 1. The summed E-state index contributed by atoms with van der Waals surface area (Å²) >= 11 is 8.86. The van der Waals surface area contributed by atoms with Gasteiger partial charge >= 0.3 is 0 Å². The molecule has 0 spiro atoms. The number of rotatable bonds is 9. The first kappa shape index (κ1) is 25.2. The maximum absolute atomic E-state index is 12.7. The molecule has 0 saturated carbocycles. The third-order valence-electron chi connectivity index (χ3n) is 5.50. The maximum atomic E-state index is 12.7. The lowest BCUT2D eigenvalue weighted by molar-refractivity contribution is 0.0682. The van der Waals surface area contributed by atoms with Crippen LogP contribution in [0.15, 0.2) is 77.3 Å². The van der Waals surface area contributed by atoms with E-state index in [9.17, 15) is 4.79 Å². The van der Waals surface area contributed by atoms with Crippen LogP contribution in [-0.2, 0) is 11.2 Å². The smallest absolute Gasteiger partial charge is 0.257 e. The normalized spacial score (nSPS) is 14.8. The molecular weight excluding hydrogens is 528 g/mol. The molecule has 35 heavy (non-hydrogen) atoms. The van der Waals surface area contributed by atoms with Crippen LogP contribution in [-0.4, -0.2) is 36.9 Å². The molecule has 0 bridgehead atoms. The lowest BCUT2D eigenvalue weighted by Crippen LogP contribution is -2.34. The van der Waals surface area contributed by atoms with Crippen molar-refractivity contribution in [3.63, 3.8) is 0 Å². The first-order valence-electron chi connectivity index (χ1n) is 11.5. The van der Waals surface area contributed by atoms with Crippen molar-refractivity contribution in [2.45, 2.75) is 25.4 Å². The van der Waals surface area contributed by atoms with Crippen LogP contribution >= 0.6 is 28.1 Å². The zero-order chi connectivity index (χ0) is 24.5. The van der Waals surface area contributed by atoms with Gasteiger partial charge in [-0.1, -0.05) is 42.5 Å². The Morgan fingerprint density at radius 3 is 2.60 bits per heavy atom. The minimum absolute atomic E-state index is 0.110. The molecule has 1 saturated heterocycles. The second kappa shape index (κ2) is 12.7. The van der Waals surface area contributed by atoms with Crippen LogP contribution in [0.25, 0.3) is 0 Å². The number of anilines is 1. The Labute approximate surface area is 219 Å². The fraction of sp³-hybridized carbons (Fsp3) is 0.259. The summed E-state index contributed by atoms with van der Waals surface area (Å²) < 4.78 is 18.1. The predicted molar refractivity (Wildman–Crippen MR) is 144 cm³/mol. The largest absolute Gasteiger partial charge is 0.492 e. The maximum Gasteiger partial charge on any atom is 0.257 e. The molecule has 1 unspecified atom stereocenters. The Kier molecular flexibility index (Phi) is 9.11. The molecule has 1 fully saturated rings. The van der Waals surface area contributed by atoms with Gasteiger partial charge in [0.05, 0.1) is 22.9 Å². The van der Waals surface area contributed by atoms with Crippen LogP contribution in [0.5, 0.6) is 11.5 Å². The van der Waals surface area contributed by atoms with E-state index >= 15 is 0 Å². The molecule has 6 nitrogen and oxygen atoms in total. The van der Waals surface area contributed by atoms with Crippen LogP contribution in [0.3, 0.4) is 0 Å². The van der Waals surface area contributed by atoms with Gasteiger partial charge in [-0.2, -0.15) is 0 Å². The van der Waals surface area contributed by atoms with Gasteiger partial charge < -0.3 is 19.5 Å². The van der Waals surface area contributed by atoms with Gasteiger partial charge in [0, 0.05) is 18.6 Å². The minimum atomic E-state index is -0.322. The number of thiocarbonyl (C=S) groups is 1. The lowest BCUT2D eigenvalue weighted by atomic mass is 10.2. The summed E-state index contributed by atoms with van der Waals surface area (Å²) in [6.45, 7) is 1.79. The van der Waals surface area contributed by atoms with E-state index in [0.29, 0.717) is 40.4 Å². The van der Waals surface area contributed by atoms with E-state index in [1.165, 1.54) is 5.56 Å². The van der Waals surface area contributed by atoms with Gasteiger partial charge in [-0.3, -0.25) is 10.1 Å². The van der Waals surface area contributed by atoms with Crippen LogP contribution in [0, 0.1) is 0 Å². The summed E-state index contributed by atoms with van der Waals surface area (Å²) in [4.78, 5) is 12.7. The van der Waals surface area contributed by atoms with Gasteiger partial charge in [0.25, 0.3) is 5.91 Å². The van der Waals surface area contributed by atoms with Crippen LogP contribution in [0.2, 0.25) is 0 Å². The van der Waals surface area contributed by atoms with Gasteiger partial charge in [-0.25, -0.2) is 0 Å². The van der Waals surface area contributed by atoms with Gasteiger partial charge in [-0.05, 0) is 76.9 Å².